The molecule has 14 heavy (non-hydrogen) atoms. The van der Waals surface area contributed by atoms with Crippen LogP contribution >= 0.6 is 11.8 Å². The van der Waals surface area contributed by atoms with Crippen LogP contribution in [0.15, 0.2) is 16.0 Å². The number of thioether (sulfide) groups is 1. The molecule has 0 saturated heterocycles. The molecule has 0 aliphatic heterocycles. The normalized spacial score (nSPS) is 10.7. The Labute approximate surface area is 84.7 Å². The van der Waals surface area contributed by atoms with Crippen LogP contribution in [0.4, 0.5) is 0 Å². The molecule has 0 spiro atoms. The summed E-state index contributed by atoms with van der Waals surface area (Å²) in [6, 6.07) is 0. The van der Waals surface area contributed by atoms with Crippen LogP contribution in [0.3, 0.4) is 0 Å². The predicted octanol–water partition coefficient (Wildman–Crippen LogP) is 0.799. The van der Waals surface area contributed by atoms with Gasteiger partial charge in [-0.25, -0.2) is 9.67 Å². The number of nitrogens with zero attached hydrogens (tertiary/aromatic N) is 5. The molecule has 0 atom stereocenters. The first-order chi connectivity index (χ1) is 6.75. The van der Waals surface area contributed by atoms with E-state index in [-0.39, 0.29) is 0 Å². The molecule has 0 aliphatic rings. The summed E-state index contributed by atoms with van der Waals surface area (Å²) in [5.74, 6) is 1.88. The smallest absolute Gasteiger partial charge is 0.237 e. The van der Waals surface area contributed by atoms with Gasteiger partial charge in [-0.1, -0.05) is 16.9 Å². The van der Waals surface area contributed by atoms with Gasteiger partial charge in [0.2, 0.25) is 5.89 Å². The molecule has 0 aliphatic carbocycles. The third-order valence-corrected chi connectivity index (χ3v) is 2.58. The second-order valence-electron chi connectivity index (χ2n) is 2.69. The first-order valence-corrected chi connectivity index (χ1v) is 5.00. The van der Waals surface area contributed by atoms with E-state index in [1.54, 1.807) is 11.6 Å². The highest BCUT2D eigenvalue weighted by Gasteiger charge is 2.06. The van der Waals surface area contributed by atoms with E-state index in [1.165, 1.54) is 18.1 Å². The van der Waals surface area contributed by atoms with E-state index in [2.05, 4.69) is 20.2 Å². The first-order valence-electron chi connectivity index (χ1n) is 4.01. The lowest BCUT2D eigenvalue weighted by atomic mass is 10.7. The third kappa shape index (κ3) is 1.92. The van der Waals surface area contributed by atoms with Gasteiger partial charge in [-0.15, -0.1) is 0 Å². The molecule has 0 amide bonds. The van der Waals surface area contributed by atoms with Crippen LogP contribution in [-0.2, 0) is 12.8 Å². The van der Waals surface area contributed by atoms with Crippen molar-refractivity contribution in [1.82, 2.24) is 24.9 Å². The fourth-order valence-corrected chi connectivity index (χ4v) is 1.67. The van der Waals surface area contributed by atoms with Crippen LogP contribution in [0, 0.1) is 6.92 Å². The molecule has 0 saturated carbocycles. The molecule has 74 valence electrons. The summed E-state index contributed by atoms with van der Waals surface area (Å²) in [4.78, 5) is 8.15. The highest BCUT2D eigenvalue weighted by molar-refractivity contribution is 7.98. The zero-order valence-electron chi connectivity index (χ0n) is 7.84. The molecule has 2 aromatic rings. The van der Waals surface area contributed by atoms with Gasteiger partial charge in [-0.05, 0) is 6.92 Å². The molecule has 0 fully saturated rings. The SMILES string of the molecule is Cc1noc(CSc2ncnn2C)n1. The standard InChI is InChI=1S/C7H9N5OS/c1-5-10-6(13-11-5)3-14-7-8-4-9-12(7)2/h4H,3H2,1-2H3. The van der Waals surface area contributed by atoms with Crippen LogP contribution in [0.2, 0.25) is 0 Å². The number of rotatable bonds is 3. The minimum absolute atomic E-state index is 0.607. The van der Waals surface area contributed by atoms with Gasteiger partial charge in [-0.2, -0.15) is 10.1 Å². The molecule has 6 nitrogen and oxygen atoms in total. The molecular weight excluding hydrogens is 202 g/mol. The minimum atomic E-state index is 0.607. The number of aryl methyl sites for hydroxylation is 2. The average Bonchev–Trinajstić information content (AvgIpc) is 2.72. The number of hydrogen-bond acceptors (Lipinski definition) is 6. The second kappa shape index (κ2) is 3.79. The summed E-state index contributed by atoms with van der Waals surface area (Å²) in [7, 11) is 1.84. The zero-order valence-corrected chi connectivity index (χ0v) is 8.65. The second-order valence-corrected chi connectivity index (χ2v) is 3.63. The molecule has 2 heterocycles. The van der Waals surface area contributed by atoms with E-state index < -0.39 is 0 Å². The Hall–Kier alpha value is -1.37. The third-order valence-electron chi connectivity index (χ3n) is 1.56. The van der Waals surface area contributed by atoms with E-state index in [9.17, 15) is 0 Å². The molecule has 7 heteroatoms. The Balaban J connectivity index is 1.98. The van der Waals surface area contributed by atoms with E-state index >= 15 is 0 Å². The molecule has 0 N–H and O–H groups in total. The van der Waals surface area contributed by atoms with Gasteiger partial charge < -0.3 is 4.52 Å². The van der Waals surface area contributed by atoms with Crippen molar-refractivity contribution in [3.63, 3.8) is 0 Å². The van der Waals surface area contributed by atoms with Crippen molar-refractivity contribution in [2.45, 2.75) is 17.8 Å². The Kier molecular flexibility index (Phi) is 2.49. The van der Waals surface area contributed by atoms with E-state index in [0.29, 0.717) is 17.5 Å². The highest BCUT2D eigenvalue weighted by atomic mass is 32.2. The summed E-state index contributed by atoms with van der Waals surface area (Å²) in [5.41, 5.74) is 0. The van der Waals surface area contributed by atoms with Crippen molar-refractivity contribution in [3.8, 4) is 0 Å². The lowest BCUT2D eigenvalue weighted by Gasteiger charge is -1.95. The largest absolute Gasteiger partial charge is 0.338 e. The quantitative estimate of drug-likeness (QED) is 0.699. The highest BCUT2D eigenvalue weighted by Crippen LogP contribution is 2.18. The number of hydrogen-bond donors (Lipinski definition) is 0. The maximum absolute atomic E-state index is 4.96. The van der Waals surface area contributed by atoms with Crippen LogP contribution in [0.25, 0.3) is 0 Å². The molecule has 2 aromatic heterocycles. The lowest BCUT2D eigenvalue weighted by Crippen LogP contribution is -1.93. The Morgan fingerprint density at radius 3 is 3.00 bits per heavy atom. The van der Waals surface area contributed by atoms with Crippen molar-refractivity contribution < 1.29 is 4.52 Å². The van der Waals surface area contributed by atoms with Gasteiger partial charge in [-0.3, -0.25) is 0 Å². The Morgan fingerprint density at radius 1 is 1.57 bits per heavy atom. The van der Waals surface area contributed by atoms with Crippen LogP contribution < -0.4 is 0 Å². The van der Waals surface area contributed by atoms with Crippen molar-refractivity contribution in [2.24, 2.45) is 7.05 Å². The van der Waals surface area contributed by atoms with Gasteiger partial charge >= 0.3 is 0 Å². The monoisotopic (exact) mass is 211 g/mol. The maximum atomic E-state index is 4.96. The zero-order chi connectivity index (χ0) is 9.97. The fourth-order valence-electron chi connectivity index (χ4n) is 0.941. The molecule has 0 aromatic carbocycles. The fraction of sp³-hybridized carbons (Fsp3) is 0.429. The summed E-state index contributed by atoms with van der Waals surface area (Å²) >= 11 is 1.51. The summed E-state index contributed by atoms with van der Waals surface area (Å²) in [5, 5.41) is 8.48. The summed E-state index contributed by atoms with van der Waals surface area (Å²) in [6.45, 7) is 1.79. The molecule has 0 bridgehead atoms. The Bertz CT molecular complexity index is 423. The predicted molar refractivity (Wildman–Crippen MR) is 49.6 cm³/mol. The van der Waals surface area contributed by atoms with Gasteiger partial charge in [0.05, 0.1) is 5.75 Å². The number of aromatic nitrogens is 5. The van der Waals surface area contributed by atoms with Gasteiger partial charge in [0, 0.05) is 7.05 Å². The van der Waals surface area contributed by atoms with E-state index in [1.807, 2.05) is 7.05 Å². The molecule has 2 rings (SSSR count). The van der Waals surface area contributed by atoms with Crippen molar-refractivity contribution >= 4 is 11.8 Å². The lowest BCUT2D eigenvalue weighted by molar-refractivity contribution is 0.387. The van der Waals surface area contributed by atoms with Gasteiger partial charge in [0.1, 0.15) is 6.33 Å². The van der Waals surface area contributed by atoms with Crippen molar-refractivity contribution in [2.75, 3.05) is 0 Å². The topological polar surface area (TPSA) is 69.6 Å². The van der Waals surface area contributed by atoms with E-state index in [0.717, 1.165) is 5.16 Å². The molecule has 0 radical (unpaired) electrons. The summed E-state index contributed by atoms with van der Waals surface area (Å²) < 4.78 is 6.67. The van der Waals surface area contributed by atoms with E-state index in [4.69, 9.17) is 4.52 Å². The van der Waals surface area contributed by atoms with Gasteiger partial charge in [0.15, 0.2) is 11.0 Å². The van der Waals surface area contributed by atoms with Crippen LogP contribution in [-0.4, -0.2) is 24.9 Å². The molecule has 0 unspecified atom stereocenters. The molecular formula is C7H9N5OS. The average molecular weight is 211 g/mol. The van der Waals surface area contributed by atoms with Gasteiger partial charge in [0.25, 0.3) is 0 Å². The van der Waals surface area contributed by atoms with Crippen LogP contribution in [0.5, 0.6) is 0 Å². The maximum Gasteiger partial charge on any atom is 0.237 e. The summed E-state index contributed by atoms with van der Waals surface area (Å²) in [6.07, 6.45) is 1.52. The van der Waals surface area contributed by atoms with Crippen molar-refractivity contribution in [3.05, 3.63) is 18.0 Å². The minimum Gasteiger partial charge on any atom is -0.338 e. The van der Waals surface area contributed by atoms with Crippen molar-refractivity contribution in [1.29, 1.82) is 0 Å². The van der Waals surface area contributed by atoms with Crippen LogP contribution in [0.1, 0.15) is 11.7 Å². The first kappa shape index (κ1) is 9.20. The Morgan fingerprint density at radius 2 is 2.43 bits per heavy atom.